The number of rotatable bonds is 5. The van der Waals surface area contributed by atoms with Crippen LogP contribution in [0.5, 0.6) is 0 Å². The average molecular weight is 232 g/mol. The van der Waals surface area contributed by atoms with E-state index in [-0.39, 0.29) is 6.54 Å². The minimum absolute atomic E-state index is 0.244. The summed E-state index contributed by atoms with van der Waals surface area (Å²) < 4.78 is 5.47. The molecular formula is C10H20N2O4. The first kappa shape index (κ1) is 14.9. The molecule has 4 N–H and O–H groups in total. The van der Waals surface area contributed by atoms with Crippen molar-refractivity contribution in [2.24, 2.45) is 5.73 Å². The monoisotopic (exact) mass is 232 g/mol. The van der Waals surface area contributed by atoms with E-state index >= 15 is 0 Å². The van der Waals surface area contributed by atoms with Gasteiger partial charge in [0, 0.05) is 0 Å². The minimum atomic E-state index is -1.14. The quantitative estimate of drug-likeness (QED) is 0.605. The van der Waals surface area contributed by atoms with Crippen LogP contribution in [0.25, 0.3) is 0 Å². The Bertz CT molecular complexity index is 260. The predicted molar refractivity (Wildman–Crippen MR) is 58.9 cm³/mol. The zero-order chi connectivity index (χ0) is 12.9. The van der Waals surface area contributed by atoms with Gasteiger partial charge in [-0.1, -0.05) is 0 Å². The van der Waals surface area contributed by atoms with E-state index in [1.165, 1.54) is 0 Å². The third-order valence-corrected chi connectivity index (χ3v) is 1.78. The molecule has 0 heterocycles. The first-order valence-electron chi connectivity index (χ1n) is 5.07. The van der Waals surface area contributed by atoms with E-state index in [9.17, 15) is 9.59 Å². The lowest BCUT2D eigenvalue weighted by Crippen LogP contribution is -2.51. The summed E-state index contributed by atoms with van der Waals surface area (Å²) in [5.74, 6) is -1.66. The highest BCUT2D eigenvalue weighted by Crippen LogP contribution is 2.13. The van der Waals surface area contributed by atoms with Crippen molar-refractivity contribution in [3.8, 4) is 0 Å². The fourth-order valence-corrected chi connectivity index (χ4v) is 1.24. The Hall–Kier alpha value is -1.14. The standard InChI is InChI=1S/C10H20N2O4/c1-6(16-10(2,3)4)8(9(14)15)12-7(13)5-11/h6,8H,5,11H2,1-4H3,(H,12,13)(H,14,15)/t6-,8+/m1/s1. The molecule has 0 rings (SSSR count). The molecule has 0 saturated carbocycles. The van der Waals surface area contributed by atoms with Crippen molar-refractivity contribution < 1.29 is 19.4 Å². The maximum absolute atomic E-state index is 11.0. The molecule has 2 atom stereocenters. The predicted octanol–water partition coefficient (Wildman–Crippen LogP) is -0.282. The summed E-state index contributed by atoms with van der Waals surface area (Å²) in [5, 5.41) is 11.2. The SMILES string of the molecule is C[C@@H](OC(C)(C)C)[C@H](NC(=O)CN)C(=O)O. The van der Waals surface area contributed by atoms with Crippen molar-refractivity contribution in [3.63, 3.8) is 0 Å². The molecule has 0 saturated heterocycles. The van der Waals surface area contributed by atoms with Gasteiger partial charge in [-0.15, -0.1) is 0 Å². The molecule has 0 aliphatic heterocycles. The fraction of sp³-hybridized carbons (Fsp3) is 0.800. The Morgan fingerprint density at radius 3 is 2.25 bits per heavy atom. The Kier molecular flexibility index (Phi) is 5.40. The van der Waals surface area contributed by atoms with Crippen LogP contribution in [0.15, 0.2) is 0 Å². The van der Waals surface area contributed by atoms with Gasteiger partial charge in [-0.3, -0.25) is 4.79 Å². The first-order valence-corrected chi connectivity index (χ1v) is 5.07. The van der Waals surface area contributed by atoms with Gasteiger partial charge < -0.3 is 20.9 Å². The van der Waals surface area contributed by atoms with E-state index in [0.717, 1.165) is 0 Å². The van der Waals surface area contributed by atoms with E-state index in [4.69, 9.17) is 15.6 Å². The van der Waals surface area contributed by atoms with Gasteiger partial charge in [0.05, 0.1) is 18.2 Å². The molecule has 0 aliphatic rings. The van der Waals surface area contributed by atoms with Crippen molar-refractivity contribution in [2.75, 3.05) is 6.54 Å². The lowest BCUT2D eigenvalue weighted by molar-refractivity contribution is -0.150. The van der Waals surface area contributed by atoms with Gasteiger partial charge >= 0.3 is 5.97 Å². The third-order valence-electron chi connectivity index (χ3n) is 1.78. The molecule has 0 bridgehead atoms. The van der Waals surface area contributed by atoms with Crippen LogP contribution < -0.4 is 11.1 Å². The Morgan fingerprint density at radius 2 is 1.94 bits per heavy atom. The summed E-state index contributed by atoms with van der Waals surface area (Å²) >= 11 is 0. The molecule has 6 heteroatoms. The van der Waals surface area contributed by atoms with E-state index < -0.39 is 29.6 Å². The zero-order valence-corrected chi connectivity index (χ0v) is 10.1. The normalized spacial score (nSPS) is 15.3. The van der Waals surface area contributed by atoms with Gasteiger partial charge in [0.2, 0.25) is 5.91 Å². The summed E-state index contributed by atoms with van der Waals surface area (Å²) in [7, 11) is 0. The second-order valence-corrected chi connectivity index (χ2v) is 4.52. The zero-order valence-electron chi connectivity index (χ0n) is 10.1. The van der Waals surface area contributed by atoms with E-state index in [0.29, 0.717) is 0 Å². The average Bonchev–Trinajstić information content (AvgIpc) is 2.09. The van der Waals surface area contributed by atoms with Crippen molar-refractivity contribution >= 4 is 11.9 Å². The molecule has 1 amide bonds. The number of aliphatic carboxylic acids is 1. The molecule has 94 valence electrons. The van der Waals surface area contributed by atoms with Crippen molar-refractivity contribution in [2.45, 2.75) is 45.4 Å². The van der Waals surface area contributed by atoms with Crippen LogP contribution in [0, 0.1) is 0 Å². The molecule has 0 aliphatic carbocycles. The molecule has 0 radical (unpaired) electrons. The van der Waals surface area contributed by atoms with E-state index in [2.05, 4.69) is 5.32 Å². The van der Waals surface area contributed by atoms with E-state index in [1.54, 1.807) is 6.92 Å². The maximum Gasteiger partial charge on any atom is 0.328 e. The second-order valence-electron chi connectivity index (χ2n) is 4.52. The van der Waals surface area contributed by atoms with Crippen molar-refractivity contribution in [3.05, 3.63) is 0 Å². The number of ether oxygens (including phenoxy) is 1. The topological polar surface area (TPSA) is 102 Å². The summed E-state index contributed by atoms with van der Waals surface area (Å²) in [6, 6.07) is -1.09. The minimum Gasteiger partial charge on any atom is -0.480 e. The molecule has 0 aromatic heterocycles. The number of hydrogen-bond acceptors (Lipinski definition) is 4. The Balaban J connectivity index is 4.53. The van der Waals surface area contributed by atoms with Gasteiger partial charge in [-0.25, -0.2) is 4.79 Å². The van der Waals surface area contributed by atoms with Crippen LogP contribution in [0.2, 0.25) is 0 Å². The largest absolute Gasteiger partial charge is 0.480 e. The van der Waals surface area contributed by atoms with Crippen molar-refractivity contribution in [1.29, 1.82) is 0 Å². The number of hydrogen-bond donors (Lipinski definition) is 3. The number of amides is 1. The number of carboxylic acids is 1. The smallest absolute Gasteiger partial charge is 0.328 e. The van der Waals surface area contributed by atoms with Crippen LogP contribution in [0.4, 0.5) is 0 Å². The number of carbonyl (C=O) groups excluding carboxylic acids is 1. The Labute approximate surface area is 95.1 Å². The number of nitrogens with two attached hydrogens (primary N) is 1. The van der Waals surface area contributed by atoms with Gasteiger partial charge in [0.15, 0.2) is 6.04 Å². The molecule has 0 unspecified atom stereocenters. The van der Waals surface area contributed by atoms with Gasteiger partial charge in [0.1, 0.15) is 0 Å². The molecule has 0 fully saturated rings. The summed E-state index contributed by atoms with van der Waals surface area (Å²) in [4.78, 5) is 22.0. The van der Waals surface area contributed by atoms with Gasteiger partial charge in [-0.05, 0) is 27.7 Å². The van der Waals surface area contributed by atoms with Gasteiger partial charge in [0.25, 0.3) is 0 Å². The van der Waals surface area contributed by atoms with E-state index in [1.807, 2.05) is 20.8 Å². The lowest BCUT2D eigenvalue weighted by Gasteiger charge is -2.29. The van der Waals surface area contributed by atoms with Crippen LogP contribution in [0.1, 0.15) is 27.7 Å². The molecule has 16 heavy (non-hydrogen) atoms. The molecule has 0 aromatic carbocycles. The highest BCUT2D eigenvalue weighted by molar-refractivity contribution is 5.84. The lowest BCUT2D eigenvalue weighted by atomic mass is 10.1. The number of carboxylic acid groups (broad SMARTS) is 1. The summed E-state index contributed by atoms with van der Waals surface area (Å²) in [5.41, 5.74) is 4.63. The molecule has 6 nitrogen and oxygen atoms in total. The fourth-order valence-electron chi connectivity index (χ4n) is 1.24. The highest BCUT2D eigenvalue weighted by Gasteiger charge is 2.29. The van der Waals surface area contributed by atoms with Crippen molar-refractivity contribution in [1.82, 2.24) is 5.32 Å². The van der Waals surface area contributed by atoms with Crippen LogP contribution >= 0.6 is 0 Å². The highest BCUT2D eigenvalue weighted by atomic mass is 16.5. The molecule has 0 spiro atoms. The number of carbonyl (C=O) groups is 2. The second kappa shape index (κ2) is 5.81. The molecule has 0 aromatic rings. The summed E-state index contributed by atoms with van der Waals surface area (Å²) in [6.45, 7) is 6.79. The summed E-state index contributed by atoms with van der Waals surface area (Å²) in [6.07, 6.45) is -0.631. The molecular weight excluding hydrogens is 212 g/mol. The van der Waals surface area contributed by atoms with Gasteiger partial charge in [-0.2, -0.15) is 0 Å². The first-order chi connectivity index (χ1) is 7.17. The Morgan fingerprint density at radius 1 is 1.44 bits per heavy atom. The third kappa shape index (κ3) is 5.67. The van der Waals surface area contributed by atoms with Crippen LogP contribution in [-0.2, 0) is 14.3 Å². The maximum atomic E-state index is 11.0. The van der Waals surface area contributed by atoms with Crippen LogP contribution in [0.3, 0.4) is 0 Å². The van der Waals surface area contributed by atoms with Crippen LogP contribution in [-0.4, -0.2) is 41.3 Å². The number of nitrogens with one attached hydrogen (secondary N) is 1.